The number of ether oxygens (including phenoxy) is 2. The molecule has 0 saturated carbocycles. The number of nitrogens with zero attached hydrogens (tertiary/aromatic N) is 3. The summed E-state index contributed by atoms with van der Waals surface area (Å²) in [5.74, 6) is 1.89. The summed E-state index contributed by atoms with van der Waals surface area (Å²) in [6.45, 7) is 8.34. The monoisotopic (exact) mass is 471 g/mol. The van der Waals surface area contributed by atoms with Gasteiger partial charge in [-0.15, -0.1) is 0 Å². The Labute approximate surface area is 201 Å². The third-order valence-electron chi connectivity index (χ3n) is 5.50. The SMILES string of the molecule is CCC[C@H](O)CN(CCC)Cc1c(C)nn(-c2ccc(Cl)cc2)c1Oc1ccccc1OC. The predicted octanol–water partition coefficient (Wildman–Crippen LogP) is 6.01. The molecule has 1 heterocycles. The molecular weight excluding hydrogens is 438 g/mol. The number of methoxy groups -OCH3 is 1. The van der Waals surface area contributed by atoms with Gasteiger partial charge in [0, 0.05) is 18.1 Å². The molecule has 6 nitrogen and oxygen atoms in total. The summed E-state index contributed by atoms with van der Waals surface area (Å²) in [6, 6.07) is 15.1. The molecule has 0 spiro atoms. The second-order valence-corrected chi connectivity index (χ2v) is 8.62. The minimum Gasteiger partial charge on any atom is -0.493 e. The first-order valence-corrected chi connectivity index (χ1v) is 11.9. The zero-order chi connectivity index (χ0) is 23.8. The molecule has 1 aromatic heterocycles. The smallest absolute Gasteiger partial charge is 0.227 e. The van der Waals surface area contributed by atoms with Crippen LogP contribution >= 0.6 is 11.6 Å². The standard InChI is InChI=1S/C26H34ClN3O3/c1-5-9-22(31)17-29(16-6-2)18-23-19(3)28-30(21-14-12-20(27)13-15-21)26(23)33-25-11-8-7-10-24(25)32-4/h7-8,10-15,22,31H,5-6,9,16-18H2,1-4H3/t22-/m0/s1. The van der Waals surface area contributed by atoms with Crippen molar-refractivity contribution in [3.63, 3.8) is 0 Å². The molecule has 0 bridgehead atoms. The Balaban J connectivity index is 2.03. The van der Waals surface area contributed by atoms with E-state index in [0.717, 1.165) is 42.8 Å². The fourth-order valence-corrected chi connectivity index (χ4v) is 4.01. The maximum Gasteiger partial charge on any atom is 0.227 e. The van der Waals surface area contributed by atoms with Gasteiger partial charge in [0.15, 0.2) is 11.5 Å². The molecule has 0 fully saturated rings. The summed E-state index contributed by atoms with van der Waals surface area (Å²) in [6.07, 6.45) is 2.38. The van der Waals surface area contributed by atoms with Crippen molar-refractivity contribution >= 4 is 11.6 Å². The Morgan fingerprint density at radius 1 is 1.06 bits per heavy atom. The van der Waals surface area contributed by atoms with Gasteiger partial charge in [-0.25, -0.2) is 4.68 Å². The Morgan fingerprint density at radius 2 is 1.76 bits per heavy atom. The van der Waals surface area contributed by atoms with Gasteiger partial charge < -0.3 is 14.6 Å². The number of rotatable bonds is 12. The van der Waals surface area contributed by atoms with E-state index < -0.39 is 0 Å². The van der Waals surface area contributed by atoms with Crippen LogP contribution < -0.4 is 9.47 Å². The highest BCUT2D eigenvalue weighted by atomic mass is 35.5. The number of hydrogen-bond donors (Lipinski definition) is 1. The van der Waals surface area contributed by atoms with E-state index in [-0.39, 0.29) is 6.10 Å². The van der Waals surface area contributed by atoms with Crippen LogP contribution in [0.2, 0.25) is 5.02 Å². The van der Waals surface area contributed by atoms with E-state index in [9.17, 15) is 5.11 Å². The molecule has 7 heteroatoms. The van der Waals surface area contributed by atoms with Crippen molar-refractivity contribution in [3.05, 3.63) is 64.8 Å². The zero-order valence-electron chi connectivity index (χ0n) is 19.9. The highest BCUT2D eigenvalue weighted by Gasteiger charge is 2.23. The van der Waals surface area contributed by atoms with Gasteiger partial charge in [0.05, 0.1) is 30.2 Å². The molecule has 0 unspecified atom stereocenters. The van der Waals surface area contributed by atoms with Crippen LogP contribution in [0.3, 0.4) is 0 Å². The van der Waals surface area contributed by atoms with Gasteiger partial charge in [0.1, 0.15) is 0 Å². The summed E-state index contributed by atoms with van der Waals surface area (Å²) < 4.78 is 13.8. The number of hydrogen-bond acceptors (Lipinski definition) is 5. The Kier molecular flexibility index (Phi) is 9.18. The molecule has 3 rings (SSSR count). The fourth-order valence-electron chi connectivity index (χ4n) is 3.89. The quantitative estimate of drug-likeness (QED) is 0.350. The Hall–Kier alpha value is -2.54. The molecule has 0 saturated heterocycles. The van der Waals surface area contributed by atoms with Gasteiger partial charge in [0.25, 0.3) is 0 Å². The van der Waals surface area contributed by atoms with Crippen LogP contribution in [0.15, 0.2) is 48.5 Å². The van der Waals surface area contributed by atoms with Crippen molar-refractivity contribution in [1.82, 2.24) is 14.7 Å². The van der Waals surface area contributed by atoms with E-state index in [1.807, 2.05) is 55.5 Å². The van der Waals surface area contributed by atoms with Crippen molar-refractivity contribution in [3.8, 4) is 23.1 Å². The summed E-state index contributed by atoms with van der Waals surface area (Å²) in [4.78, 5) is 2.27. The average Bonchev–Trinajstić information content (AvgIpc) is 3.10. The van der Waals surface area contributed by atoms with Crippen LogP contribution in [0.5, 0.6) is 17.4 Å². The molecule has 1 atom stereocenters. The third kappa shape index (κ3) is 6.50. The fraction of sp³-hybridized carbons (Fsp3) is 0.423. The van der Waals surface area contributed by atoms with E-state index in [1.165, 1.54) is 0 Å². The van der Waals surface area contributed by atoms with Gasteiger partial charge in [-0.3, -0.25) is 4.90 Å². The van der Waals surface area contributed by atoms with Crippen LogP contribution in [0, 0.1) is 6.92 Å². The van der Waals surface area contributed by atoms with Gasteiger partial charge in [0.2, 0.25) is 5.88 Å². The number of halogens is 1. The number of aryl methyl sites for hydroxylation is 1. The molecule has 0 aliphatic heterocycles. The van der Waals surface area contributed by atoms with Crippen LogP contribution in [0.1, 0.15) is 44.4 Å². The number of para-hydroxylation sites is 2. The second kappa shape index (κ2) is 12.1. The topological polar surface area (TPSA) is 59.8 Å². The molecule has 3 aromatic rings. The highest BCUT2D eigenvalue weighted by Crippen LogP contribution is 2.36. The van der Waals surface area contributed by atoms with Crippen LogP contribution in [-0.4, -0.2) is 46.1 Å². The zero-order valence-corrected chi connectivity index (χ0v) is 20.7. The van der Waals surface area contributed by atoms with Gasteiger partial charge >= 0.3 is 0 Å². The predicted molar refractivity (Wildman–Crippen MR) is 133 cm³/mol. The number of aromatic nitrogens is 2. The van der Waals surface area contributed by atoms with E-state index >= 15 is 0 Å². The summed E-state index contributed by atoms with van der Waals surface area (Å²) >= 11 is 6.11. The lowest BCUT2D eigenvalue weighted by Crippen LogP contribution is -2.33. The summed E-state index contributed by atoms with van der Waals surface area (Å²) in [5.41, 5.74) is 2.71. The molecular formula is C26H34ClN3O3. The molecule has 178 valence electrons. The Morgan fingerprint density at radius 3 is 2.39 bits per heavy atom. The summed E-state index contributed by atoms with van der Waals surface area (Å²) in [5, 5.41) is 15.9. The van der Waals surface area contributed by atoms with E-state index in [1.54, 1.807) is 11.8 Å². The summed E-state index contributed by atoms with van der Waals surface area (Å²) in [7, 11) is 1.63. The van der Waals surface area contributed by atoms with Crippen LogP contribution in [0.4, 0.5) is 0 Å². The first-order valence-electron chi connectivity index (χ1n) is 11.5. The van der Waals surface area contributed by atoms with Crippen molar-refractivity contribution in [1.29, 1.82) is 0 Å². The van der Waals surface area contributed by atoms with E-state index in [0.29, 0.717) is 35.5 Å². The number of benzene rings is 2. The largest absolute Gasteiger partial charge is 0.493 e. The first-order chi connectivity index (χ1) is 16.0. The first kappa shape index (κ1) is 25.1. The minimum absolute atomic E-state index is 0.355. The minimum atomic E-state index is -0.355. The molecule has 0 amide bonds. The second-order valence-electron chi connectivity index (χ2n) is 8.19. The maximum absolute atomic E-state index is 10.5. The normalized spacial score (nSPS) is 12.2. The van der Waals surface area contributed by atoms with Crippen molar-refractivity contribution in [2.24, 2.45) is 0 Å². The van der Waals surface area contributed by atoms with Gasteiger partial charge in [-0.2, -0.15) is 5.10 Å². The number of aliphatic hydroxyl groups is 1. The lowest BCUT2D eigenvalue weighted by atomic mass is 10.1. The molecule has 33 heavy (non-hydrogen) atoms. The molecule has 0 radical (unpaired) electrons. The van der Waals surface area contributed by atoms with Crippen molar-refractivity contribution < 1.29 is 14.6 Å². The third-order valence-corrected chi connectivity index (χ3v) is 5.75. The van der Waals surface area contributed by atoms with E-state index in [4.69, 9.17) is 26.2 Å². The van der Waals surface area contributed by atoms with Gasteiger partial charge in [-0.1, -0.05) is 44.0 Å². The van der Waals surface area contributed by atoms with Gasteiger partial charge in [-0.05, 0) is 62.7 Å². The average molecular weight is 472 g/mol. The molecule has 0 aliphatic carbocycles. The van der Waals surface area contributed by atoms with Crippen molar-refractivity contribution in [2.75, 3.05) is 20.2 Å². The highest BCUT2D eigenvalue weighted by molar-refractivity contribution is 6.30. The Bertz CT molecular complexity index is 1020. The lowest BCUT2D eigenvalue weighted by molar-refractivity contribution is 0.100. The maximum atomic E-state index is 10.5. The van der Waals surface area contributed by atoms with E-state index in [2.05, 4.69) is 18.7 Å². The van der Waals surface area contributed by atoms with Crippen LogP contribution in [0.25, 0.3) is 5.69 Å². The number of aliphatic hydroxyl groups excluding tert-OH is 1. The molecule has 1 N–H and O–H groups in total. The van der Waals surface area contributed by atoms with Crippen LogP contribution in [-0.2, 0) is 6.54 Å². The molecule has 0 aliphatic rings. The molecule has 2 aromatic carbocycles. The lowest BCUT2D eigenvalue weighted by Gasteiger charge is -2.25. The van der Waals surface area contributed by atoms with Crippen molar-refractivity contribution in [2.45, 2.75) is 52.7 Å².